The maximum absolute atomic E-state index is 2.65. The molecule has 13 aromatic rings. The highest BCUT2D eigenvalue weighted by atomic mass is 28.3. The number of nitrogens with zero attached hydrogens (tertiary/aromatic N) is 3. The second kappa shape index (κ2) is 12.7. The van der Waals surface area contributed by atoms with Gasteiger partial charge in [-0.05, 0) is 83.9 Å². The van der Waals surface area contributed by atoms with Crippen LogP contribution in [-0.4, -0.2) is 22.2 Å². The van der Waals surface area contributed by atoms with Crippen LogP contribution < -0.4 is 15.6 Å². The van der Waals surface area contributed by atoms with Gasteiger partial charge in [-0.15, -0.1) is 0 Å². The van der Waals surface area contributed by atoms with E-state index in [2.05, 4.69) is 233 Å². The molecule has 1 aliphatic carbocycles. The van der Waals surface area contributed by atoms with Crippen LogP contribution in [0.2, 0.25) is 0 Å². The Morgan fingerprint density at radius 2 is 0.873 bits per heavy atom. The highest BCUT2D eigenvalue weighted by molar-refractivity contribution is 6.95. The van der Waals surface area contributed by atoms with Gasteiger partial charge in [0, 0.05) is 54.4 Å². The Morgan fingerprint density at radius 3 is 1.57 bits per heavy atom. The molecule has 0 unspecified atom stereocenters. The summed E-state index contributed by atoms with van der Waals surface area (Å²) < 4.78 is 7.73. The molecular formula is C59H40N3Si+. The Kier molecular flexibility index (Phi) is 7.05. The van der Waals surface area contributed by atoms with Crippen molar-refractivity contribution in [3.05, 3.63) is 217 Å². The highest BCUT2D eigenvalue weighted by Crippen LogP contribution is 2.54. The van der Waals surface area contributed by atoms with Gasteiger partial charge in [0.1, 0.15) is 15.6 Å². The number of aromatic nitrogens is 3. The third-order valence-corrected chi connectivity index (χ3v) is 17.0. The van der Waals surface area contributed by atoms with E-state index in [1.165, 1.54) is 114 Å². The quantitative estimate of drug-likeness (QED) is 0.124. The second-order valence-electron chi connectivity index (χ2n) is 17.9. The highest BCUT2D eigenvalue weighted by Gasteiger charge is 2.40. The molecule has 294 valence electrons. The summed E-state index contributed by atoms with van der Waals surface area (Å²) in [6, 6.07) is 77.6. The summed E-state index contributed by atoms with van der Waals surface area (Å²) >= 11 is 0. The Morgan fingerprint density at radius 1 is 0.365 bits per heavy atom. The summed E-state index contributed by atoms with van der Waals surface area (Å²) in [6.45, 7) is 4.83. The molecule has 0 spiro atoms. The summed E-state index contributed by atoms with van der Waals surface area (Å²) in [5.41, 5.74) is 14.9. The second-order valence-corrected chi connectivity index (χ2v) is 20.3. The third-order valence-electron chi connectivity index (χ3n) is 14.2. The van der Waals surface area contributed by atoms with Gasteiger partial charge in [-0.2, -0.15) is 0 Å². The molecule has 4 heteroatoms. The van der Waals surface area contributed by atoms with E-state index >= 15 is 0 Å². The minimum absolute atomic E-state index is 0.184. The predicted octanol–water partition coefficient (Wildman–Crippen LogP) is 12.7. The zero-order valence-electron chi connectivity index (χ0n) is 35.0. The average molecular weight is 819 g/mol. The summed E-state index contributed by atoms with van der Waals surface area (Å²) in [5, 5.41) is 13.0. The lowest BCUT2D eigenvalue weighted by atomic mass is 9.81. The van der Waals surface area contributed by atoms with E-state index in [1.807, 2.05) is 0 Å². The predicted molar refractivity (Wildman–Crippen MR) is 268 cm³/mol. The first-order valence-corrected chi connectivity index (χ1v) is 23.5. The molecule has 0 aliphatic heterocycles. The van der Waals surface area contributed by atoms with Crippen molar-refractivity contribution in [2.75, 3.05) is 0 Å². The molecule has 0 saturated carbocycles. The SMILES string of the molecule is CC1(C)c2ccccc2-c2c1c1cccc3c4cccc5c6ccccc6n(c6cc7c8ccccc8n(-c8ccc([Si+](c9ccccc9)c9ccccc9)cc8)c7cc6n2c13)c45. The van der Waals surface area contributed by atoms with Crippen LogP contribution in [0.4, 0.5) is 0 Å². The Hall–Kier alpha value is -7.66. The zero-order valence-corrected chi connectivity index (χ0v) is 36.0. The third kappa shape index (κ3) is 4.63. The molecule has 0 saturated heterocycles. The fourth-order valence-electron chi connectivity index (χ4n) is 11.7. The molecule has 63 heavy (non-hydrogen) atoms. The number of benzene rings is 9. The van der Waals surface area contributed by atoms with Gasteiger partial charge < -0.3 is 13.4 Å². The van der Waals surface area contributed by atoms with Gasteiger partial charge in [-0.25, -0.2) is 0 Å². The standard InChI is InChI=1S/C59H40N3Si/c1-59(2)49-28-12-9-23-46(49)58-55(59)47-27-16-26-45-44-25-15-24-43-41-21-10-14-30-51(41)61(56(43)44)53-35-48-42-22-11-13-29-50(42)60(52(48)36-54(53)62(58)57(45)47)37-31-33-40(34-32-37)63(38-17-5-3-6-18-38)39-19-7-4-8-20-39/h3-36H,1-2H3/q+1. The van der Waals surface area contributed by atoms with Crippen LogP contribution in [0.15, 0.2) is 206 Å². The van der Waals surface area contributed by atoms with Crippen molar-refractivity contribution in [2.24, 2.45) is 0 Å². The number of hydrogen-bond acceptors (Lipinski definition) is 0. The minimum Gasteiger partial charge on any atom is -0.309 e. The summed E-state index contributed by atoms with van der Waals surface area (Å²) in [5.74, 6) is 0. The number of para-hydroxylation sites is 4. The lowest BCUT2D eigenvalue weighted by molar-refractivity contribution is 0.666. The van der Waals surface area contributed by atoms with Crippen LogP contribution in [0.5, 0.6) is 0 Å². The first-order valence-electron chi connectivity index (χ1n) is 22.0. The molecule has 0 bridgehead atoms. The molecular weight excluding hydrogens is 779 g/mol. The van der Waals surface area contributed by atoms with Gasteiger partial charge in [0.2, 0.25) is 0 Å². The number of fused-ring (bicyclic) bond motifs is 15. The maximum atomic E-state index is 2.65. The molecule has 0 N–H and O–H groups in total. The van der Waals surface area contributed by atoms with Crippen molar-refractivity contribution in [2.45, 2.75) is 19.3 Å². The van der Waals surface area contributed by atoms with Gasteiger partial charge in [-0.3, -0.25) is 0 Å². The molecule has 4 aromatic heterocycles. The minimum atomic E-state index is -1.22. The molecule has 3 nitrogen and oxygen atoms in total. The fraction of sp³-hybridized carbons (Fsp3) is 0.0508. The van der Waals surface area contributed by atoms with Crippen molar-refractivity contribution in [1.82, 2.24) is 13.4 Å². The maximum Gasteiger partial charge on any atom is 0.428 e. The summed E-state index contributed by atoms with van der Waals surface area (Å²) in [7, 11) is -1.22. The largest absolute Gasteiger partial charge is 0.428 e. The lowest BCUT2D eigenvalue weighted by Gasteiger charge is -2.21. The van der Waals surface area contributed by atoms with Crippen LogP contribution in [-0.2, 0) is 5.41 Å². The van der Waals surface area contributed by atoms with Crippen molar-refractivity contribution in [3.8, 4) is 16.9 Å². The van der Waals surface area contributed by atoms with Gasteiger partial charge in [0.25, 0.3) is 0 Å². The van der Waals surface area contributed by atoms with Crippen molar-refractivity contribution in [3.63, 3.8) is 0 Å². The monoisotopic (exact) mass is 818 g/mol. The van der Waals surface area contributed by atoms with Crippen LogP contribution in [0.3, 0.4) is 0 Å². The number of rotatable bonds is 4. The normalized spacial score (nSPS) is 13.4. The van der Waals surface area contributed by atoms with Gasteiger partial charge >= 0.3 is 8.80 Å². The zero-order chi connectivity index (χ0) is 41.6. The molecule has 14 rings (SSSR count). The molecule has 0 radical (unpaired) electrons. The van der Waals surface area contributed by atoms with Crippen molar-refractivity contribution < 1.29 is 0 Å². The summed E-state index contributed by atoms with van der Waals surface area (Å²) in [4.78, 5) is 0. The van der Waals surface area contributed by atoms with Gasteiger partial charge in [0.15, 0.2) is 0 Å². The molecule has 1 aliphatic rings. The summed E-state index contributed by atoms with van der Waals surface area (Å²) in [6.07, 6.45) is 0. The topological polar surface area (TPSA) is 13.8 Å². The van der Waals surface area contributed by atoms with E-state index in [1.54, 1.807) is 0 Å². The Bertz CT molecular complexity index is 4000. The smallest absolute Gasteiger partial charge is 0.309 e. The van der Waals surface area contributed by atoms with E-state index in [9.17, 15) is 0 Å². The van der Waals surface area contributed by atoms with Crippen LogP contribution in [0.1, 0.15) is 25.0 Å². The van der Waals surface area contributed by atoms with E-state index in [0.717, 1.165) is 5.69 Å². The van der Waals surface area contributed by atoms with E-state index in [-0.39, 0.29) is 5.41 Å². The first-order chi connectivity index (χ1) is 31.1. The molecule has 9 aromatic carbocycles. The first kappa shape index (κ1) is 35.0. The molecule has 0 atom stereocenters. The van der Waals surface area contributed by atoms with E-state index in [0.29, 0.717) is 0 Å². The lowest BCUT2D eigenvalue weighted by Crippen LogP contribution is -2.51. The average Bonchev–Trinajstić information content (AvgIpc) is 4.03. The van der Waals surface area contributed by atoms with Gasteiger partial charge in [0.05, 0.1) is 44.3 Å². The van der Waals surface area contributed by atoms with Crippen LogP contribution in [0.25, 0.3) is 93.3 Å². The van der Waals surface area contributed by atoms with Crippen LogP contribution >= 0.6 is 0 Å². The Balaban J connectivity index is 1.16. The van der Waals surface area contributed by atoms with Crippen molar-refractivity contribution >= 4 is 101 Å². The van der Waals surface area contributed by atoms with E-state index in [4.69, 9.17) is 0 Å². The van der Waals surface area contributed by atoms with Gasteiger partial charge in [-0.1, -0.05) is 147 Å². The molecule has 0 fully saturated rings. The van der Waals surface area contributed by atoms with E-state index < -0.39 is 8.80 Å². The fourth-order valence-corrected chi connectivity index (χ4v) is 14.2. The molecule has 4 heterocycles. The molecule has 0 amide bonds. The number of hydrogen-bond donors (Lipinski definition) is 0. The van der Waals surface area contributed by atoms with Crippen molar-refractivity contribution in [1.29, 1.82) is 0 Å². The van der Waals surface area contributed by atoms with Crippen LogP contribution in [0, 0.1) is 0 Å². The Labute approximate surface area is 365 Å².